The summed E-state index contributed by atoms with van der Waals surface area (Å²) in [6, 6.07) is 0. The Morgan fingerprint density at radius 3 is 2.40 bits per heavy atom. The molecule has 0 aliphatic rings. The second kappa shape index (κ2) is 9.75. The smallest absolute Gasteiger partial charge is 0.333 e. The van der Waals surface area contributed by atoms with Crippen LogP contribution in [0.5, 0.6) is 0 Å². The molecular formula is C13H24O2. The van der Waals surface area contributed by atoms with Crippen LogP contribution in [0.1, 0.15) is 59.3 Å². The van der Waals surface area contributed by atoms with Gasteiger partial charge in [-0.25, -0.2) is 4.79 Å². The Balaban J connectivity index is 3.43. The molecule has 0 fully saturated rings. The standard InChI is InChI=1S/C13H24O2/c1-4-6-7-8-9-11-15-13(14)12(3)10-5-2/h10H,4-9,11H2,1-3H3. The SMILES string of the molecule is CCC=C(C)C(=O)OCCCCCCC. The van der Waals surface area contributed by atoms with Crippen LogP contribution in [0.4, 0.5) is 0 Å². The molecule has 0 heterocycles. The van der Waals surface area contributed by atoms with Gasteiger partial charge >= 0.3 is 5.97 Å². The number of allylic oxidation sites excluding steroid dienone is 1. The minimum Gasteiger partial charge on any atom is -0.462 e. The molecule has 0 rings (SSSR count). The molecule has 0 aromatic heterocycles. The molecule has 2 heteroatoms. The molecule has 0 N–H and O–H groups in total. The maximum Gasteiger partial charge on any atom is 0.333 e. The van der Waals surface area contributed by atoms with E-state index in [-0.39, 0.29) is 5.97 Å². The molecule has 0 atom stereocenters. The van der Waals surface area contributed by atoms with Crippen molar-refractivity contribution >= 4 is 5.97 Å². The molecule has 0 aromatic rings. The fourth-order valence-corrected chi connectivity index (χ4v) is 1.37. The van der Waals surface area contributed by atoms with E-state index in [2.05, 4.69) is 6.92 Å². The highest BCUT2D eigenvalue weighted by atomic mass is 16.5. The number of ether oxygens (including phenoxy) is 1. The van der Waals surface area contributed by atoms with E-state index in [1.54, 1.807) is 0 Å². The summed E-state index contributed by atoms with van der Waals surface area (Å²) in [7, 11) is 0. The number of hydrogen-bond acceptors (Lipinski definition) is 2. The van der Waals surface area contributed by atoms with E-state index in [0.29, 0.717) is 6.61 Å². The molecule has 2 nitrogen and oxygen atoms in total. The third-order valence-corrected chi connectivity index (χ3v) is 2.31. The van der Waals surface area contributed by atoms with Gasteiger partial charge < -0.3 is 4.74 Å². The van der Waals surface area contributed by atoms with Crippen molar-refractivity contribution in [2.75, 3.05) is 6.61 Å². The van der Waals surface area contributed by atoms with E-state index in [9.17, 15) is 4.79 Å². The fraction of sp³-hybridized carbons (Fsp3) is 0.769. The predicted molar refractivity (Wildman–Crippen MR) is 63.8 cm³/mol. The molecule has 0 saturated heterocycles. The van der Waals surface area contributed by atoms with Crippen molar-refractivity contribution in [3.8, 4) is 0 Å². The van der Waals surface area contributed by atoms with Gasteiger partial charge in [0.25, 0.3) is 0 Å². The van der Waals surface area contributed by atoms with Crippen molar-refractivity contribution in [1.82, 2.24) is 0 Å². The van der Waals surface area contributed by atoms with Crippen LogP contribution < -0.4 is 0 Å². The van der Waals surface area contributed by atoms with Gasteiger partial charge in [-0.15, -0.1) is 0 Å². The molecular weight excluding hydrogens is 188 g/mol. The molecule has 0 amide bonds. The summed E-state index contributed by atoms with van der Waals surface area (Å²) in [6.07, 6.45) is 8.72. The average Bonchev–Trinajstić information content (AvgIpc) is 2.23. The monoisotopic (exact) mass is 212 g/mol. The molecule has 0 aliphatic heterocycles. The maximum atomic E-state index is 11.3. The van der Waals surface area contributed by atoms with Crippen molar-refractivity contribution in [3.05, 3.63) is 11.6 Å². The molecule has 0 aliphatic carbocycles. The Hall–Kier alpha value is -0.790. The number of carbonyl (C=O) groups excluding carboxylic acids is 1. The van der Waals surface area contributed by atoms with Gasteiger partial charge in [0.15, 0.2) is 0 Å². The highest BCUT2D eigenvalue weighted by Crippen LogP contribution is 2.04. The normalized spacial score (nSPS) is 11.5. The summed E-state index contributed by atoms with van der Waals surface area (Å²) in [5.74, 6) is -0.160. The van der Waals surface area contributed by atoms with E-state index < -0.39 is 0 Å². The van der Waals surface area contributed by atoms with Crippen LogP contribution in [0.3, 0.4) is 0 Å². The first-order valence-electron chi connectivity index (χ1n) is 6.06. The second-order valence-corrected chi connectivity index (χ2v) is 3.85. The molecule has 0 bridgehead atoms. The maximum absolute atomic E-state index is 11.3. The van der Waals surface area contributed by atoms with Gasteiger partial charge in [-0.05, 0) is 19.8 Å². The molecule has 0 saturated carbocycles. The zero-order valence-corrected chi connectivity index (χ0v) is 10.3. The summed E-state index contributed by atoms with van der Waals surface area (Å²) in [6.45, 7) is 6.58. The topological polar surface area (TPSA) is 26.3 Å². The number of esters is 1. The summed E-state index contributed by atoms with van der Waals surface area (Å²) >= 11 is 0. The van der Waals surface area contributed by atoms with E-state index in [0.717, 1.165) is 24.8 Å². The van der Waals surface area contributed by atoms with Crippen molar-refractivity contribution in [1.29, 1.82) is 0 Å². The van der Waals surface area contributed by atoms with Crippen LogP contribution in [-0.2, 0) is 9.53 Å². The van der Waals surface area contributed by atoms with Gasteiger partial charge in [0.1, 0.15) is 0 Å². The van der Waals surface area contributed by atoms with Crippen LogP contribution in [-0.4, -0.2) is 12.6 Å². The van der Waals surface area contributed by atoms with E-state index in [1.165, 1.54) is 19.3 Å². The Kier molecular flexibility index (Phi) is 9.24. The van der Waals surface area contributed by atoms with Gasteiger partial charge in [0, 0.05) is 5.57 Å². The Morgan fingerprint density at radius 1 is 1.13 bits per heavy atom. The highest BCUT2D eigenvalue weighted by molar-refractivity contribution is 5.87. The third kappa shape index (κ3) is 8.22. The minimum atomic E-state index is -0.160. The van der Waals surface area contributed by atoms with Crippen molar-refractivity contribution in [2.45, 2.75) is 59.3 Å². The lowest BCUT2D eigenvalue weighted by Crippen LogP contribution is -2.06. The van der Waals surface area contributed by atoms with Crippen LogP contribution in [0.15, 0.2) is 11.6 Å². The van der Waals surface area contributed by atoms with Gasteiger partial charge in [-0.2, -0.15) is 0 Å². The first-order valence-corrected chi connectivity index (χ1v) is 6.06. The van der Waals surface area contributed by atoms with Gasteiger partial charge in [0.05, 0.1) is 6.61 Å². The second-order valence-electron chi connectivity index (χ2n) is 3.85. The average molecular weight is 212 g/mol. The molecule has 0 aromatic carbocycles. The lowest BCUT2D eigenvalue weighted by atomic mass is 10.2. The summed E-state index contributed by atoms with van der Waals surface area (Å²) in [4.78, 5) is 11.3. The van der Waals surface area contributed by atoms with Crippen LogP contribution in [0.25, 0.3) is 0 Å². The third-order valence-electron chi connectivity index (χ3n) is 2.31. The van der Waals surface area contributed by atoms with Gasteiger partial charge in [-0.3, -0.25) is 0 Å². The van der Waals surface area contributed by atoms with Crippen LogP contribution in [0.2, 0.25) is 0 Å². The van der Waals surface area contributed by atoms with Gasteiger partial charge in [-0.1, -0.05) is 45.6 Å². The van der Waals surface area contributed by atoms with Gasteiger partial charge in [0.2, 0.25) is 0 Å². The molecule has 88 valence electrons. The lowest BCUT2D eigenvalue weighted by molar-refractivity contribution is -0.139. The van der Waals surface area contributed by atoms with Crippen LogP contribution >= 0.6 is 0 Å². The molecule has 0 unspecified atom stereocenters. The lowest BCUT2D eigenvalue weighted by Gasteiger charge is -2.04. The van der Waals surface area contributed by atoms with E-state index in [1.807, 2.05) is 19.9 Å². The van der Waals surface area contributed by atoms with E-state index in [4.69, 9.17) is 4.74 Å². The number of hydrogen-bond donors (Lipinski definition) is 0. The number of carbonyl (C=O) groups is 1. The van der Waals surface area contributed by atoms with Crippen molar-refractivity contribution in [3.63, 3.8) is 0 Å². The molecule has 0 spiro atoms. The molecule has 15 heavy (non-hydrogen) atoms. The Morgan fingerprint density at radius 2 is 1.80 bits per heavy atom. The minimum absolute atomic E-state index is 0.160. The highest BCUT2D eigenvalue weighted by Gasteiger charge is 2.03. The Bertz CT molecular complexity index is 195. The first kappa shape index (κ1) is 14.2. The number of rotatable bonds is 8. The van der Waals surface area contributed by atoms with Crippen LogP contribution in [0, 0.1) is 0 Å². The predicted octanol–water partition coefficient (Wildman–Crippen LogP) is 3.86. The van der Waals surface area contributed by atoms with E-state index >= 15 is 0 Å². The summed E-state index contributed by atoms with van der Waals surface area (Å²) < 4.78 is 5.13. The quantitative estimate of drug-likeness (QED) is 0.347. The zero-order valence-electron chi connectivity index (χ0n) is 10.3. The fourth-order valence-electron chi connectivity index (χ4n) is 1.37. The Labute approximate surface area is 93.7 Å². The first-order chi connectivity index (χ1) is 7.22. The van der Waals surface area contributed by atoms with Crippen molar-refractivity contribution < 1.29 is 9.53 Å². The summed E-state index contributed by atoms with van der Waals surface area (Å²) in [5, 5.41) is 0. The summed E-state index contributed by atoms with van der Waals surface area (Å²) in [5.41, 5.74) is 0.728. The molecule has 0 radical (unpaired) electrons. The zero-order chi connectivity index (χ0) is 11.5. The largest absolute Gasteiger partial charge is 0.462 e. The number of unbranched alkanes of at least 4 members (excludes halogenated alkanes) is 4. The van der Waals surface area contributed by atoms with Crippen molar-refractivity contribution in [2.24, 2.45) is 0 Å².